The summed E-state index contributed by atoms with van der Waals surface area (Å²) in [4.78, 5) is 0. The highest BCUT2D eigenvalue weighted by Gasteiger charge is 2.28. The van der Waals surface area contributed by atoms with E-state index in [0.717, 1.165) is 23.2 Å². The van der Waals surface area contributed by atoms with Crippen LogP contribution in [0.4, 0.5) is 4.39 Å². The van der Waals surface area contributed by atoms with E-state index < -0.39 is 6.17 Å². The second kappa shape index (κ2) is 4.29. The van der Waals surface area contributed by atoms with Crippen LogP contribution in [0.5, 0.6) is 0 Å². The highest BCUT2D eigenvalue weighted by Crippen LogP contribution is 2.36. The van der Waals surface area contributed by atoms with Gasteiger partial charge >= 0.3 is 0 Å². The molecule has 1 heterocycles. The van der Waals surface area contributed by atoms with Gasteiger partial charge < -0.3 is 10.1 Å². The van der Waals surface area contributed by atoms with Gasteiger partial charge in [-0.3, -0.25) is 0 Å². The molecule has 0 saturated carbocycles. The second-order valence-corrected chi connectivity index (χ2v) is 3.93. The van der Waals surface area contributed by atoms with Crippen molar-refractivity contribution in [3.05, 3.63) is 34.9 Å². The second-order valence-electron chi connectivity index (χ2n) is 3.93. The number of likely N-dealkylation sites (N-methyl/N-ethyl adjacent to an activating group) is 1. The summed E-state index contributed by atoms with van der Waals surface area (Å²) >= 11 is 0. The minimum Gasteiger partial charge on any atom is -0.369 e. The monoisotopic (exact) mass is 209 g/mol. The molecule has 2 nitrogen and oxygen atoms in total. The predicted octanol–water partition coefficient (Wildman–Crippen LogP) is 2.30. The van der Waals surface area contributed by atoms with Crippen LogP contribution in [0.25, 0.3) is 0 Å². The van der Waals surface area contributed by atoms with E-state index in [4.69, 9.17) is 4.74 Å². The number of ether oxygens (including phenoxy) is 1. The molecule has 0 unspecified atom stereocenters. The highest BCUT2D eigenvalue weighted by atomic mass is 19.1. The number of benzene rings is 1. The van der Waals surface area contributed by atoms with Gasteiger partial charge in [0.25, 0.3) is 0 Å². The maximum atomic E-state index is 13.6. The molecule has 0 amide bonds. The van der Waals surface area contributed by atoms with Crippen LogP contribution in [-0.2, 0) is 4.74 Å². The lowest BCUT2D eigenvalue weighted by atomic mass is 9.92. The number of halogens is 1. The van der Waals surface area contributed by atoms with E-state index in [1.165, 1.54) is 0 Å². The fourth-order valence-corrected chi connectivity index (χ4v) is 2.14. The van der Waals surface area contributed by atoms with E-state index >= 15 is 0 Å². The molecule has 1 aliphatic heterocycles. The Hall–Kier alpha value is -0.930. The molecular formula is C12H16FNO. The van der Waals surface area contributed by atoms with Crippen molar-refractivity contribution >= 4 is 0 Å². The average Bonchev–Trinajstić information content (AvgIpc) is 2.23. The first-order valence-corrected chi connectivity index (χ1v) is 5.23. The summed E-state index contributed by atoms with van der Waals surface area (Å²) in [5.41, 5.74) is 2.92. The SMILES string of the molecule is CNC[C@@H]1OC[C@H](F)c2cccc(C)c21. The van der Waals surface area contributed by atoms with Crippen molar-refractivity contribution in [2.75, 3.05) is 20.2 Å². The molecule has 15 heavy (non-hydrogen) atoms. The molecule has 82 valence electrons. The fraction of sp³-hybridized carbons (Fsp3) is 0.500. The Bertz CT molecular complexity index is 353. The van der Waals surface area contributed by atoms with E-state index in [9.17, 15) is 4.39 Å². The van der Waals surface area contributed by atoms with E-state index in [1.54, 1.807) is 0 Å². The van der Waals surface area contributed by atoms with Gasteiger partial charge in [0, 0.05) is 6.54 Å². The van der Waals surface area contributed by atoms with Crippen LogP contribution < -0.4 is 5.32 Å². The van der Waals surface area contributed by atoms with Crippen LogP contribution in [0.1, 0.15) is 29.0 Å². The highest BCUT2D eigenvalue weighted by molar-refractivity contribution is 5.39. The minimum atomic E-state index is -0.979. The maximum Gasteiger partial charge on any atom is 0.149 e. The first kappa shape index (κ1) is 10.6. The quantitative estimate of drug-likeness (QED) is 0.807. The maximum absolute atomic E-state index is 13.6. The van der Waals surface area contributed by atoms with Crippen LogP contribution in [0.2, 0.25) is 0 Å². The topological polar surface area (TPSA) is 21.3 Å². The Labute approximate surface area is 89.4 Å². The van der Waals surface area contributed by atoms with Crippen LogP contribution >= 0.6 is 0 Å². The number of hydrogen-bond donors (Lipinski definition) is 1. The third kappa shape index (κ3) is 1.90. The Morgan fingerprint density at radius 1 is 1.53 bits per heavy atom. The molecule has 1 aromatic rings. The van der Waals surface area contributed by atoms with Gasteiger partial charge in [0.2, 0.25) is 0 Å². The molecule has 0 radical (unpaired) electrons. The summed E-state index contributed by atoms with van der Waals surface area (Å²) in [5, 5.41) is 3.07. The molecule has 1 N–H and O–H groups in total. The summed E-state index contributed by atoms with van der Waals surface area (Å²) in [5.74, 6) is 0. The number of fused-ring (bicyclic) bond motifs is 1. The van der Waals surface area contributed by atoms with E-state index in [-0.39, 0.29) is 12.7 Å². The molecular weight excluding hydrogens is 193 g/mol. The summed E-state index contributed by atoms with van der Waals surface area (Å²) in [6.07, 6.45) is -0.994. The zero-order valence-electron chi connectivity index (χ0n) is 9.09. The van der Waals surface area contributed by atoms with Gasteiger partial charge in [-0.15, -0.1) is 0 Å². The first-order valence-electron chi connectivity index (χ1n) is 5.23. The summed E-state index contributed by atoms with van der Waals surface area (Å²) < 4.78 is 19.1. The average molecular weight is 209 g/mol. The number of rotatable bonds is 2. The fourth-order valence-electron chi connectivity index (χ4n) is 2.14. The Balaban J connectivity index is 2.42. The standard InChI is InChI=1S/C12H16FNO/c1-8-4-3-5-9-10(13)7-15-11(6-14-2)12(8)9/h3-5,10-11,14H,6-7H2,1-2H3/t10-,11-/m0/s1. The molecule has 0 saturated heterocycles. The molecule has 0 aromatic heterocycles. The molecule has 3 heteroatoms. The van der Waals surface area contributed by atoms with Crippen molar-refractivity contribution in [3.8, 4) is 0 Å². The van der Waals surface area contributed by atoms with Crippen LogP contribution in [0.3, 0.4) is 0 Å². The van der Waals surface area contributed by atoms with Gasteiger partial charge in [0.05, 0.1) is 12.7 Å². The van der Waals surface area contributed by atoms with Crippen molar-refractivity contribution in [1.82, 2.24) is 5.32 Å². The minimum absolute atomic E-state index is 0.0156. The smallest absolute Gasteiger partial charge is 0.149 e. The van der Waals surface area contributed by atoms with Gasteiger partial charge in [0.15, 0.2) is 0 Å². The molecule has 0 bridgehead atoms. The van der Waals surface area contributed by atoms with Gasteiger partial charge in [-0.1, -0.05) is 18.2 Å². The zero-order valence-corrected chi connectivity index (χ0v) is 9.09. The van der Waals surface area contributed by atoms with Crippen molar-refractivity contribution < 1.29 is 9.13 Å². The van der Waals surface area contributed by atoms with Gasteiger partial charge in [0.1, 0.15) is 6.17 Å². The largest absolute Gasteiger partial charge is 0.369 e. The number of hydrogen-bond acceptors (Lipinski definition) is 2. The number of nitrogens with one attached hydrogen (secondary N) is 1. The molecule has 1 aromatic carbocycles. The zero-order chi connectivity index (χ0) is 10.8. The Morgan fingerprint density at radius 3 is 3.07 bits per heavy atom. The van der Waals surface area contributed by atoms with Crippen molar-refractivity contribution in [3.63, 3.8) is 0 Å². The molecule has 0 spiro atoms. The molecule has 0 fully saturated rings. The summed E-state index contributed by atoms with van der Waals surface area (Å²) in [7, 11) is 1.88. The Kier molecular flexibility index (Phi) is 3.03. The van der Waals surface area contributed by atoms with Crippen molar-refractivity contribution in [1.29, 1.82) is 0 Å². The predicted molar refractivity (Wildman–Crippen MR) is 57.6 cm³/mol. The third-order valence-corrected chi connectivity index (χ3v) is 2.85. The van der Waals surface area contributed by atoms with Crippen LogP contribution in [-0.4, -0.2) is 20.2 Å². The Morgan fingerprint density at radius 2 is 2.33 bits per heavy atom. The lowest BCUT2D eigenvalue weighted by Gasteiger charge is -2.29. The van der Waals surface area contributed by atoms with Crippen LogP contribution in [0.15, 0.2) is 18.2 Å². The van der Waals surface area contributed by atoms with E-state index in [2.05, 4.69) is 5.32 Å². The van der Waals surface area contributed by atoms with Gasteiger partial charge in [-0.2, -0.15) is 0 Å². The number of aryl methyl sites for hydroxylation is 1. The van der Waals surface area contributed by atoms with Crippen molar-refractivity contribution in [2.45, 2.75) is 19.2 Å². The lowest BCUT2D eigenvalue weighted by Crippen LogP contribution is -2.27. The van der Waals surface area contributed by atoms with Crippen molar-refractivity contribution in [2.24, 2.45) is 0 Å². The first-order chi connectivity index (χ1) is 7.24. The molecule has 1 aliphatic rings. The lowest BCUT2D eigenvalue weighted by molar-refractivity contribution is 0.000122. The van der Waals surface area contributed by atoms with Gasteiger partial charge in [-0.05, 0) is 30.7 Å². The summed E-state index contributed by atoms with van der Waals surface area (Å²) in [6.45, 7) is 2.90. The molecule has 0 aliphatic carbocycles. The van der Waals surface area contributed by atoms with E-state index in [1.807, 2.05) is 32.2 Å². The third-order valence-electron chi connectivity index (χ3n) is 2.85. The van der Waals surface area contributed by atoms with Gasteiger partial charge in [-0.25, -0.2) is 4.39 Å². The molecule has 2 atom stereocenters. The van der Waals surface area contributed by atoms with E-state index in [0.29, 0.717) is 0 Å². The summed E-state index contributed by atoms with van der Waals surface area (Å²) in [6, 6.07) is 5.77. The van der Waals surface area contributed by atoms with Crippen LogP contribution in [0, 0.1) is 6.92 Å². The molecule has 2 rings (SSSR count). The normalized spacial score (nSPS) is 25.0. The number of alkyl halides is 1.